The summed E-state index contributed by atoms with van der Waals surface area (Å²) in [5, 5.41) is 9.32. The summed E-state index contributed by atoms with van der Waals surface area (Å²) in [6, 6.07) is 11.7. The first-order valence-corrected chi connectivity index (χ1v) is 8.01. The van der Waals surface area contributed by atoms with Crippen molar-refractivity contribution in [3.8, 4) is 5.75 Å². The SMILES string of the molecule is Cc1ccccc1CCNS(=O)(=O)c1ccc(O)c(N)c1. The first-order valence-electron chi connectivity index (χ1n) is 6.53. The van der Waals surface area contributed by atoms with Crippen LogP contribution in [0.25, 0.3) is 0 Å². The van der Waals surface area contributed by atoms with Gasteiger partial charge in [0.05, 0.1) is 10.6 Å². The summed E-state index contributed by atoms with van der Waals surface area (Å²) in [4.78, 5) is 0.0441. The minimum Gasteiger partial charge on any atom is -0.506 e. The van der Waals surface area contributed by atoms with Crippen molar-refractivity contribution in [1.82, 2.24) is 4.72 Å². The predicted octanol–water partition coefficient (Wildman–Crippen LogP) is 1.80. The number of phenols is 1. The zero-order valence-electron chi connectivity index (χ0n) is 11.7. The molecule has 5 nitrogen and oxygen atoms in total. The van der Waals surface area contributed by atoms with Crippen molar-refractivity contribution >= 4 is 15.7 Å². The number of nitrogen functional groups attached to an aromatic ring is 1. The van der Waals surface area contributed by atoms with Gasteiger partial charge in [-0.15, -0.1) is 0 Å². The van der Waals surface area contributed by atoms with E-state index in [4.69, 9.17) is 5.73 Å². The Labute approximate surface area is 124 Å². The number of hydrogen-bond donors (Lipinski definition) is 3. The lowest BCUT2D eigenvalue weighted by atomic mass is 10.1. The lowest BCUT2D eigenvalue weighted by molar-refractivity contribution is 0.477. The van der Waals surface area contributed by atoms with Gasteiger partial charge in [0, 0.05) is 6.54 Å². The van der Waals surface area contributed by atoms with Gasteiger partial charge in [0.25, 0.3) is 0 Å². The molecular weight excluding hydrogens is 288 g/mol. The molecule has 112 valence electrons. The van der Waals surface area contributed by atoms with Crippen LogP contribution in [0.4, 0.5) is 5.69 Å². The first-order chi connectivity index (χ1) is 9.90. The zero-order chi connectivity index (χ0) is 15.5. The first kappa shape index (κ1) is 15.3. The van der Waals surface area contributed by atoms with Crippen molar-refractivity contribution in [3.63, 3.8) is 0 Å². The monoisotopic (exact) mass is 306 g/mol. The highest BCUT2D eigenvalue weighted by Gasteiger charge is 2.14. The van der Waals surface area contributed by atoms with Crippen LogP contribution in [0.2, 0.25) is 0 Å². The van der Waals surface area contributed by atoms with Gasteiger partial charge in [0.15, 0.2) is 0 Å². The maximum Gasteiger partial charge on any atom is 0.240 e. The van der Waals surface area contributed by atoms with Crippen LogP contribution in [0, 0.1) is 6.92 Å². The summed E-state index contributed by atoms with van der Waals surface area (Å²) in [6.45, 7) is 2.29. The predicted molar refractivity (Wildman–Crippen MR) is 82.6 cm³/mol. The number of sulfonamides is 1. The molecule has 0 atom stereocenters. The van der Waals surface area contributed by atoms with E-state index in [1.165, 1.54) is 18.2 Å². The minimum atomic E-state index is -3.62. The molecule has 2 rings (SSSR count). The number of aryl methyl sites for hydroxylation is 1. The Hall–Kier alpha value is -2.05. The average molecular weight is 306 g/mol. The molecule has 21 heavy (non-hydrogen) atoms. The molecule has 0 aliphatic rings. The third-order valence-corrected chi connectivity index (χ3v) is 4.72. The topological polar surface area (TPSA) is 92.4 Å². The molecule has 4 N–H and O–H groups in total. The van der Waals surface area contributed by atoms with Gasteiger partial charge in [0.1, 0.15) is 5.75 Å². The number of rotatable bonds is 5. The summed E-state index contributed by atoms with van der Waals surface area (Å²) < 4.78 is 26.8. The molecule has 0 saturated heterocycles. The number of aromatic hydroxyl groups is 1. The van der Waals surface area contributed by atoms with Crippen LogP contribution >= 0.6 is 0 Å². The lowest BCUT2D eigenvalue weighted by Gasteiger charge is -2.09. The number of anilines is 1. The van der Waals surface area contributed by atoms with Gasteiger partial charge < -0.3 is 10.8 Å². The molecule has 0 fully saturated rings. The fourth-order valence-corrected chi connectivity index (χ4v) is 3.06. The highest BCUT2D eigenvalue weighted by atomic mass is 32.2. The van der Waals surface area contributed by atoms with Crippen LogP contribution < -0.4 is 10.5 Å². The zero-order valence-corrected chi connectivity index (χ0v) is 12.5. The van der Waals surface area contributed by atoms with Crippen LogP contribution in [-0.4, -0.2) is 20.1 Å². The minimum absolute atomic E-state index is 0.0387. The van der Waals surface area contributed by atoms with E-state index in [9.17, 15) is 13.5 Å². The van der Waals surface area contributed by atoms with Gasteiger partial charge in [-0.3, -0.25) is 0 Å². The van der Waals surface area contributed by atoms with E-state index in [2.05, 4.69) is 4.72 Å². The van der Waals surface area contributed by atoms with Crippen LogP contribution in [0.15, 0.2) is 47.4 Å². The van der Waals surface area contributed by atoms with E-state index in [-0.39, 0.29) is 16.3 Å². The van der Waals surface area contributed by atoms with Crippen LogP contribution in [-0.2, 0) is 16.4 Å². The number of benzene rings is 2. The fraction of sp³-hybridized carbons (Fsp3) is 0.200. The molecular formula is C15H18N2O3S. The van der Waals surface area contributed by atoms with E-state index in [1.807, 2.05) is 31.2 Å². The van der Waals surface area contributed by atoms with Crippen LogP contribution in [0.5, 0.6) is 5.75 Å². The van der Waals surface area contributed by atoms with Crippen molar-refractivity contribution in [2.45, 2.75) is 18.2 Å². The Morgan fingerprint density at radius 3 is 2.57 bits per heavy atom. The molecule has 0 heterocycles. The molecule has 0 aromatic heterocycles. The van der Waals surface area contributed by atoms with Gasteiger partial charge in [0.2, 0.25) is 10.0 Å². The molecule has 6 heteroatoms. The number of phenolic OH excluding ortho intramolecular Hbond substituents is 1. The van der Waals surface area contributed by atoms with E-state index in [1.54, 1.807) is 0 Å². The Bertz CT molecular complexity index is 742. The molecule has 0 saturated carbocycles. The summed E-state index contributed by atoms with van der Waals surface area (Å²) >= 11 is 0. The molecule has 0 bridgehead atoms. The largest absolute Gasteiger partial charge is 0.506 e. The van der Waals surface area contributed by atoms with E-state index in [0.717, 1.165) is 11.1 Å². The van der Waals surface area contributed by atoms with Crippen molar-refractivity contribution in [3.05, 3.63) is 53.6 Å². The highest BCUT2D eigenvalue weighted by Crippen LogP contribution is 2.22. The smallest absolute Gasteiger partial charge is 0.240 e. The maximum absolute atomic E-state index is 12.1. The van der Waals surface area contributed by atoms with Crippen molar-refractivity contribution in [2.24, 2.45) is 0 Å². The molecule has 0 radical (unpaired) electrons. The maximum atomic E-state index is 12.1. The molecule has 0 aliphatic heterocycles. The fourth-order valence-electron chi connectivity index (χ4n) is 1.99. The van der Waals surface area contributed by atoms with Crippen molar-refractivity contribution in [2.75, 3.05) is 12.3 Å². The van der Waals surface area contributed by atoms with E-state index in [0.29, 0.717) is 13.0 Å². The molecule has 2 aromatic rings. The third-order valence-electron chi connectivity index (χ3n) is 3.26. The second-order valence-corrected chi connectivity index (χ2v) is 6.56. The molecule has 0 amide bonds. The number of nitrogens with one attached hydrogen (secondary N) is 1. The molecule has 0 aliphatic carbocycles. The number of hydrogen-bond acceptors (Lipinski definition) is 4. The van der Waals surface area contributed by atoms with Gasteiger partial charge in [-0.1, -0.05) is 24.3 Å². The van der Waals surface area contributed by atoms with E-state index >= 15 is 0 Å². The van der Waals surface area contributed by atoms with Gasteiger partial charge >= 0.3 is 0 Å². The van der Waals surface area contributed by atoms with Gasteiger partial charge in [-0.05, 0) is 42.7 Å². The molecule has 2 aromatic carbocycles. The van der Waals surface area contributed by atoms with Crippen LogP contribution in [0.1, 0.15) is 11.1 Å². The molecule has 0 spiro atoms. The van der Waals surface area contributed by atoms with E-state index < -0.39 is 10.0 Å². The Morgan fingerprint density at radius 1 is 1.19 bits per heavy atom. The average Bonchev–Trinajstić information content (AvgIpc) is 2.44. The summed E-state index contributed by atoms with van der Waals surface area (Å²) in [7, 11) is -3.62. The van der Waals surface area contributed by atoms with Crippen molar-refractivity contribution < 1.29 is 13.5 Å². The van der Waals surface area contributed by atoms with Crippen molar-refractivity contribution in [1.29, 1.82) is 0 Å². The third kappa shape index (κ3) is 3.74. The number of nitrogens with two attached hydrogens (primary N) is 1. The quantitative estimate of drug-likeness (QED) is 0.580. The second-order valence-electron chi connectivity index (χ2n) is 4.79. The Morgan fingerprint density at radius 2 is 1.90 bits per heavy atom. The molecule has 0 unspecified atom stereocenters. The second kappa shape index (κ2) is 6.15. The Balaban J connectivity index is 2.05. The van der Waals surface area contributed by atoms with Gasteiger partial charge in [-0.2, -0.15) is 0 Å². The summed E-state index contributed by atoms with van der Waals surface area (Å²) in [6.07, 6.45) is 0.611. The highest BCUT2D eigenvalue weighted by molar-refractivity contribution is 7.89. The normalized spacial score (nSPS) is 11.5. The van der Waals surface area contributed by atoms with Crippen LogP contribution in [0.3, 0.4) is 0 Å². The Kier molecular flexibility index (Phi) is 4.50. The standard InChI is InChI=1S/C15H18N2O3S/c1-11-4-2-3-5-12(11)8-9-17-21(19,20)13-6-7-15(18)14(16)10-13/h2-7,10,17-18H,8-9,16H2,1H3. The summed E-state index contributed by atoms with van der Waals surface area (Å²) in [5.41, 5.74) is 7.79. The van der Waals surface area contributed by atoms with Gasteiger partial charge in [-0.25, -0.2) is 13.1 Å². The lowest BCUT2D eigenvalue weighted by Crippen LogP contribution is -2.26. The summed E-state index contributed by atoms with van der Waals surface area (Å²) in [5.74, 6) is -0.131.